The Bertz CT molecular complexity index is 1030. The van der Waals surface area contributed by atoms with E-state index < -0.39 is 0 Å². The molecule has 1 amide bonds. The zero-order chi connectivity index (χ0) is 19.3. The molecular weight excluding hydrogens is 352 g/mol. The first kappa shape index (κ1) is 17.4. The number of aromatic nitrogens is 4. The van der Waals surface area contributed by atoms with Gasteiger partial charge in [0.15, 0.2) is 0 Å². The lowest BCUT2D eigenvalue weighted by Crippen LogP contribution is -2.57. The summed E-state index contributed by atoms with van der Waals surface area (Å²) in [6, 6.07) is 6.24. The van der Waals surface area contributed by atoms with Gasteiger partial charge in [0.25, 0.3) is 0 Å². The smallest absolute Gasteiger partial charge is 0.220 e. The summed E-state index contributed by atoms with van der Waals surface area (Å²) in [4.78, 5) is 29.6. The maximum atomic E-state index is 12.4. The Kier molecular flexibility index (Phi) is 4.01. The zero-order valence-corrected chi connectivity index (χ0v) is 16.5. The first-order valence-electron chi connectivity index (χ1n) is 10.0. The van der Waals surface area contributed by atoms with Gasteiger partial charge in [-0.25, -0.2) is 9.97 Å². The highest BCUT2D eigenvalue weighted by atomic mass is 16.2. The number of imidazole rings is 2. The van der Waals surface area contributed by atoms with Gasteiger partial charge in [-0.15, -0.1) is 0 Å². The summed E-state index contributed by atoms with van der Waals surface area (Å²) in [5.74, 6) is 1.17. The van der Waals surface area contributed by atoms with E-state index in [1.54, 1.807) is 13.3 Å². The molecule has 1 N–H and O–H groups in total. The van der Waals surface area contributed by atoms with Crippen molar-refractivity contribution in [2.75, 3.05) is 19.6 Å². The molecule has 5 heterocycles. The number of carbonyl (C=O) groups is 1. The fraction of sp³-hybridized carbons (Fsp3) is 0.476. The highest BCUT2D eigenvalue weighted by molar-refractivity contribution is 5.75. The van der Waals surface area contributed by atoms with Gasteiger partial charge in [0.2, 0.25) is 5.91 Å². The van der Waals surface area contributed by atoms with Crippen LogP contribution >= 0.6 is 0 Å². The minimum Gasteiger partial charge on any atom is -0.348 e. The van der Waals surface area contributed by atoms with E-state index >= 15 is 0 Å². The van der Waals surface area contributed by atoms with Crippen LogP contribution in [0, 0.1) is 6.92 Å². The lowest BCUT2D eigenvalue weighted by Gasteiger charge is -2.50. The molecule has 0 unspecified atom stereocenters. The van der Waals surface area contributed by atoms with Gasteiger partial charge in [-0.3, -0.25) is 9.69 Å². The number of aryl methyl sites for hydroxylation is 1. The van der Waals surface area contributed by atoms with Crippen molar-refractivity contribution in [1.82, 2.24) is 29.2 Å². The molecule has 0 atom stereocenters. The van der Waals surface area contributed by atoms with Crippen LogP contribution in [0.1, 0.15) is 42.7 Å². The van der Waals surface area contributed by atoms with Crippen molar-refractivity contribution in [3.8, 4) is 0 Å². The number of pyridine rings is 1. The molecule has 3 aromatic heterocycles. The second-order valence-corrected chi connectivity index (χ2v) is 8.02. The van der Waals surface area contributed by atoms with Crippen LogP contribution in [0.3, 0.4) is 0 Å². The first-order chi connectivity index (χ1) is 13.6. The number of fused-ring (bicyclic) bond motifs is 3. The highest BCUT2D eigenvalue weighted by Crippen LogP contribution is 2.42. The van der Waals surface area contributed by atoms with E-state index in [1.165, 1.54) is 11.2 Å². The number of nitrogens with zero attached hydrogens (tertiary/aromatic N) is 5. The Hall–Kier alpha value is -2.67. The molecule has 7 heteroatoms. The standard InChI is InChI=1S/C21H26N6O/c1-15-24-18(19-5-3-4-9-26(15)19)13-25-11-7-21(8-12-25)20-17(22-14-23-20)6-10-27(21)16(2)28/h3-5,9,14H,6-8,10-13H2,1-2H3,(H,22,23). The fourth-order valence-corrected chi connectivity index (χ4v) is 5.12. The van der Waals surface area contributed by atoms with E-state index in [9.17, 15) is 4.79 Å². The summed E-state index contributed by atoms with van der Waals surface area (Å²) >= 11 is 0. The average molecular weight is 378 g/mol. The van der Waals surface area contributed by atoms with Crippen LogP contribution in [-0.2, 0) is 23.3 Å². The van der Waals surface area contributed by atoms with E-state index in [0.717, 1.165) is 62.7 Å². The van der Waals surface area contributed by atoms with Crippen molar-refractivity contribution in [2.45, 2.75) is 45.2 Å². The number of piperidine rings is 1. The van der Waals surface area contributed by atoms with E-state index in [0.29, 0.717) is 0 Å². The van der Waals surface area contributed by atoms with E-state index in [1.807, 2.05) is 13.0 Å². The van der Waals surface area contributed by atoms with Gasteiger partial charge in [0.05, 0.1) is 28.8 Å². The van der Waals surface area contributed by atoms with E-state index in [4.69, 9.17) is 4.98 Å². The van der Waals surface area contributed by atoms with Crippen molar-refractivity contribution < 1.29 is 4.79 Å². The van der Waals surface area contributed by atoms with Crippen LogP contribution in [-0.4, -0.2) is 54.7 Å². The molecule has 0 radical (unpaired) electrons. The Balaban J connectivity index is 1.39. The number of carbonyl (C=O) groups excluding carboxylic acids is 1. The molecule has 28 heavy (non-hydrogen) atoms. The van der Waals surface area contributed by atoms with Crippen molar-refractivity contribution >= 4 is 11.4 Å². The molecule has 3 aromatic rings. The summed E-state index contributed by atoms with van der Waals surface area (Å²) in [7, 11) is 0. The van der Waals surface area contributed by atoms with Crippen LogP contribution in [0.25, 0.3) is 5.52 Å². The Morgan fingerprint density at radius 2 is 2.07 bits per heavy atom. The van der Waals surface area contributed by atoms with Crippen LogP contribution in [0.5, 0.6) is 0 Å². The molecule has 1 saturated heterocycles. The molecule has 0 saturated carbocycles. The van der Waals surface area contributed by atoms with Crippen LogP contribution in [0.15, 0.2) is 30.7 Å². The van der Waals surface area contributed by atoms with Crippen LogP contribution in [0.4, 0.5) is 0 Å². The number of likely N-dealkylation sites (tertiary alicyclic amines) is 1. The molecular formula is C21H26N6O. The number of nitrogens with one attached hydrogen (secondary N) is 1. The maximum Gasteiger partial charge on any atom is 0.220 e. The van der Waals surface area contributed by atoms with Gasteiger partial charge < -0.3 is 14.3 Å². The molecule has 0 aromatic carbocycles. The van der Waals surface area contributed by atoms with Gasteiger partial charge in [0.1, 0.15) is 5.82 Å². The Morgan fingerprint density at radius 1 is 1.25 bits per heavy atom. The Morgan fingerprint density at radius 3 is 2.86 bits per heavy atom. The van der Waals surface area contributed by atoms with Gasteiger partial charge in [-0.05, 0) is 31.9 Å². The SMILES string of the molecule is CC(=O)N1CCc2[nH]cnc2C12CCN(Cc1nc(C)n3ccccc13)CC2. The van der Waals surface area contributed by atoms with Crippen molar-refractivity contribution in [3.63, 3.8) is 0 Å². The van der Waals surface area contributed by atoms with E-state index in [-0.39, 0.29) is 11.4 Å². The molecule has 0 aliphatic carbocycles. The fourth-order valence-electron chi connectivity index (χ4n) is 5.12. The molecule has 2 aliphatic rings. The van der Waals surface area contributed by atoms with Crippen LogP contribution < -0.4 is 0 Å². The third-order valence-electron chi connectivity index (χ3n) is 6.50. The monoisotopic (exact) mass is 378 g/mol. The molecule has 2 aliphatic heterocycles. The third kappa shape index (κ3) is 2.57. The largest absolute Gasteiger partial charge is 0.348 e. The number of hydrogen-bond acceptors (Lipinski definition) is 4. The van der Waals surface area contributed by atoms with E-state index in [2.05, 4.69) is 42.5 Å². The number of aromatic amines is 1. The summed E-state index contributed by atoms with van der Waals surface area (Å²) in [5.41, 5.74) is 4.32. The second kappa shape index (κ2) is 6.44. The lowest BCUT2D eigenvalue weighted by molar-refractivity contribution is -0.139. The highest BCUT2D eigenvalue weighted by Gasteiger charge is 2.47. The predicted octanol–water partition coefficient (Wildman–Crippen LogP) is 2.26. The van der Waals surface area contributed by atoms with Gasteiger partial charge in [0, 0.05) is 51.4 Å². The quantitative estimate of drug-likeness (QED) is 0.743. The molecule has 146 valence electrons. The number of H-pyrrole nitrogens is 1. The number of amides is 1. The summed E-state index contributed by atoms with van der Waals surface area (Å²) in [5, 5.41) is 0. The van der Waals surface area contributed by atoms with Crippen molar-refractivity contribution in [3.05, 3.63) is 53.6 Å². The second-order valence-electron chi connectivity index (χ2n) is 8.02. The summed E-state index contributed by atoms with van der Waals surface area (Å²) in [6.45, 7) is 7.21. The van der Waals surface area contributed by atoms with Gasteiger partial charge in [-0.2, -0.15) is 0 Å². The van der Waals surface area contributed by atoms with Crippen molar-refractivity contribution in [1.29, 1.82) is 0 Å². The van der Waals surface area contributed by atoms with Crippen LogP contribution in [0.2, 0.25) is 0 Å². The zero-order valence-electron chi connectivity index (χ0n) is 16.5. The molecule has 5 rings (SSSR count). The minimum atomic E-state index is -0.262. The average Bonchev–Trinajstić information content (AvgIpc) is 3.30. The number of rotatable bonds is 2. The molecule has 0 bridgehead atoms. The Labute approximate surface area is 164 Å². The maximum absolute atomic E-state index is 12.4. The van der Waals surface area contributed by atoms with Crippen molar-refractivity contribution in [2.24, 2.45) is 0 Å². The topological polar surface area (TPSA) is 69.5 Å². The summed E-state index contributed by atoms with van der Waals surface area (Å²) < 4.78 is 2.15. The lowest BCUT2D eigenvalue weighted by atomic mass is 9.78. The van der Waals surface area contributed by atoms with Gasteiger partial charge in [-0.1, -0.05) is 6.07 Å². The molecule has 7 nitrogen and oxygen atoms in total. The summed E-state index contributed by atoms with van der Waals surface area (Å²) in [6.07, 6.45) is 6.53. The first-order valence-corrected chi connectivity index (χ1v) is 10.0. The minimum absolute atomic E-state index is 0.151. The number of hydrogen-bond donors (Lipinski definition) is 1. The predicted molar refractivity (Wildman–Crippen MR) is 106 cm³/mol. The normalized spacial score (nSPS) is 19.3. The molecule has 1 spiro atoms. The molecule has 1 fully saturated rings. The third-order valence-corrected chi connectivity index (χ3v) is 6.50. The van der Waals surface area contributed by atoms with Gasteiger partial charge >= 0.3 is 0 Å².